The van der Waals surface area contributed by atoms with Gasteiger partial charge in [0.1, 0.15) is 0 Å². The molecule has 2 nitrogen and oxygen atoms in total. The molecule has 17 heavy (non-hydrogen) atoms. The zero-order chi connectivity index (χ0) is 12.8. The van der Waals surface area contributed by atoms with Crippen molar-refractivity contribution in [3.8, 4) is 0 Å². The summed E-state index contributed by atoms with van der Waals surface area (Å²) >= 11 is 5.87. The summed E-state index contributed by atoms with van der Waals surface area (Å²) in [5, 5.41) is 0.736. The van der Waals surface area contributed by atoms with E-state index in [2.05, 4.69) is 13.8 Å². The molecule has 3 heteroatoms. The molecule has 0 aliphatic rings. The number of hydrogen-bond acceptors (Lipinski definition) is 2. The molecule has 0 bridgehead atoms. The molecule has 1 aromatic carbocycles. The summed E-state index contributed by atoms with van der Waals surface area (Å²) in [6, 6.07) is 7.68. The van der Waals surface area contributed by atoms with E-state index in [9.17, 15) is 0 Å². The second-order valence-corrected chi connectivity index (χ2v) is 5.32. The number of benzene rings is 1. The van der Waals surface area contributed by atoms with E-state index >= 15 is 0 Å². The van der Waals surface area contributed by atoms with Gasteiger partial charge in [0.05, 0.1) is 6.10 Å². The summed E-state index contributed by atoms with van der Waals surface area (Å²) in [7, 11) is 0. The molecule has 0 fully saturated rings. The van der Waals surface area contributed by atoms with Crippen molar-refractivity contribution in [3.05, 3.63) is 34.9 Å². The van der Waals surface area contributed by atoms with Gasteiger partial charge < -0.3 is 10.5 Å². The molecular formula is C14H22ClNO. The summed E-state index contributed by atoms with van der Waals surface area (Å²) in [6.45, 7) is 7.08. The molecule has 0 saturated carbocycles. The number of nitrogens with two attached hydrogens (primary N) is 1. The maximum absolute atomic E-state index is 5.97. The van der Waals surface area contributed by atoms with Crippen LogP contribution in [0.3, 0.4) is 0 Å². The first-order valence-corrected chi connectivity index (χ1v) is 6.51. The largest absolute Gasteiger partial charge is 0.372 e. The summed E-state index contributed by atoms with van der Waals surface area (Å²) in [4.78, 5) is 0. The normalized spacial score (nSPS) is 14.9. The van der Waals surface area contributed by atoms with Crippen LogP contribution in [0.4, 0.5) is 0 Å². The minimum absolute atomic E-state index is 0.0247. The van der Waals surface area contributed by atoms with Gasteiger partial charge in [0, 0.05) is 17.7 Å². The smallest absolute Gasteiger partial charge is 0.0972 e. The zero-order valence-electron chi connectivity index (χ0n) is 10.8. The standard InChI is InChI=1S/C14H22ClNO/c1-10(2)8-9-17-14(11(3)16)12-4-6-13(15)7-5-12/h4-7,10-11,14H,8-9,16H2,1-3H3. The minimum Gasteiger partial charge on any atom is -0.372 e. The van der Waals surface area contributed by atoms with Gasteiger partial charge in [-0.25, -0.2) is 0 Å². The average molecular weight is 256 g/mol. The Morgan fingerprint density at radius 1 is 1.18 bits per heavy atom. The van der Waals surface area contributed by atoms with Crippen LogP contribution < -0.4 is 5.73 Å². The fourth-order valence-electron chi connectivity index (χ4n) is 1.63. The van der Waals surface area contributed by atoms with Crippen molar-refractivity contribution in [2.75, 3.05) is 6.61 Å². The number of rotatable bonds is 6. The van der Waals surface area contributed by atoms with Crippen LogP contribution in [0, 0.1) is 5.92 Å². The third-order valence-corrected chi connectivity index (χ3v) is 2.92. The van der Waals surface area contributed by atoms with E-state index in [4.69, 9.17) is 22.1 Å². The first-order chi connectivity index (χ1) is 8.00. The maximum atomic E-state index is 5.97. The molecule has 0 aliphatic carbocycles. The third-order valence-electron chi connectivity index (χ3n) is 2.67. The molecule has 96 valence electrons. The van der Waals surface area contributed by atoms with Gasteiger partial charge in [-0.15, -0.1) is 0 Å². The van der Waals surface area contributed by atoms with Crippen LogP contribution in [0.15, 0.2) is 24.3 Å². The fourth-order valence-corrected chi connectivity index (χ4v) is 1.76. The van der Waals surface area contributed by atoms with Gasteiger partial charge in [-0.3, -0.25) is 0 Å². The second kappa shape index (κ2) is 7.00. The van der Waals surface area contributed by atoms with Crippen molar-refractivity contribution in [1.29, 1.82) is 0 Å². The predicted octanol–water partition coefficient (Wildman–Crippen LogP) is 3.79. The topological polar surface area (TPSA) is 35.2 Å². The molecule has 0 radical (unpaired) electrons. The first kappa shape index (κ1) is 14.5. The lowest BCUT2D eigenvalue weighted by atomic mass is 10.0. The summed E-state index contributed by atoms with van der Waals surface area (Å²) in [6.07, 6.45) is 1.00. The van der Waals surface area contributed by atoms with Crippen molar-refractivity contribution in [3.63, 3.8) is 0 Å². The van der Waals surface area contributed by atoms with Crippen molar-refractivity contribution >= 4 is 11.6 Å². The molecule has 2 N–H and O–H groups in total. The van der Waals surface area contributed by atoms with Crippen LogP contribution in [0.25, 0.3) is 0 Å². The SMILES string of the molecule is CC(C)CCOC(c1ccc(Cl)cc1)C(C)N. The highest BCUT2D eigenvalue weighted by Gasteiger charge is 2.16. The van der Waals surface area contributed by atoms with Gasteiger partial charge in [-0.1, -0.05) is 37.6 Å². The molecule has 0 heterocycles. The van der Waals surface area contributed by atoms with E-state index in [-0.39, 0.29) is 12.1 Å². The Bertz CT molecular complexity index is 321. The van der Waals surface area contributed by atoms with E-state index in [0.717, 1.165) is 23.6 Å². The Balaban J connectivity index is 2.62. The Kier molecular flexibility index (Phi) is 5.96. The Hall–Kier alpha value is -0.570. The lowest BCUT2D eigenvalue weighted by Crippen LogP contribution is -2.27. The number of hydrogen-bond donors (Lipinski definition) is 1. The van der Waals surface area contributed by atoms with E-state index < -0.39 is 0 Å². The molecule has 2 unspecified atom stereocenters. The minimum atomic E-state index is -0.0500. The van der Waals surface area contributed by atoms with E-state index in [1.54, 1.807) is 0 Å². The highest BCUT2D eigenvalue weighted by Crippen LogP contribution is 2.22. The third kappa shape index (κ3) is 5.07. The molecular weight excluding hydrogens is 234 g/mol. The molecule has 2 atom stereocenters. The number of ether oxygens (including phenoxy) is 1. The first-order valence-electron chi connectivity index (χ1n) is 6.13. The van der Waals surface area contributed by atoms with Crippen molar-refractivity contribution in [1.82, 2.24) is 0 Å². The Morgan fingerprint density at radius 2 is 1.76 bits per heavy atom. The van der Waals surface area contributed by atoms with Gasteiger partial charge in [0.2, 0.25) is 0 Å². The molecule has 0 saturated heterocycles. The van der Waals surface area contributed by atoms with E-state index in [1.165, 1.54) is 0 Å². The van der Waals surface area contributed by atoms with Crippen molar-refractivity contribution in [2.45, 2.75) is 39.3 Å². The van der Waals surface area contributed by atoms with Crippen molar-refractivity contribution < 1.29 is 4.74 Å². The van der Waals surface area contributed by atoms with E-state index in [0.29, 0.717) is 5.92 Å². The second-order valence-electron chi connectivity index (χ2n) is 4.88. The molecule has 0 aromatic heterocycles. The summed E-state index contributed by atoms with van der Waals surface area (Å²) < 4.78 is 5.87. The predicted molar refractivity (Wildman–Crippen MR) is 73.2 cm³/mol. The van der Waals surface area contributed by atoms with Gasteiger partial charge in [0.25, 0.3) is 0 Å². The van der Waals surface area contributed by atoms with Gasteiger partial charge in [-0.05, 0) is 37.0 Å². The summed E-state index contributed by atoms with van der Waals surface area (Å²) in [5.41, 5.74) is 7.06. The maximum Gasteiger partial charge on any atom is 0.0972 e. The van der Waals surface area contributed by atoms with Gasteiger partial charge in [0.15, 0.2) is 0 Å². The molecule has 0 amide bonds. The Labute approximate surface area is 109 Å². The average Bonchev–Trinajstić information content (AvgIpc) is 2.25. The van der Waals surface area contributed by atoms with Gasteiger partial charge >= 0.3 is 0 Å². The van der Waals surface area contributed by atoms with Crippen LogP contribution >= 0.6 is 11.6 Å². The molecule has 1 aromatic rings. The zero-order valence-corrected chi connectivity index (χ0v) is 11.6. The van der Waals surface area contributed by atoms with Crippen LogP contribution in [-0.2, 0) is 4.74 Å². The quantitative estimate of drug-likeness (QED) is 0.839. The van der Waals surface area contributed by atoms with Crippen molar-refractivity contribution in [2.24, 2.45) is 11.7 Å². The van der Waals surface area contributed by atoms with E-state index in [1.807, 2.05) is 31.2 Å². The number of halogens is 1. The lowest BCUT2D eigenvalue weighted by Gasteiger charge is -2.22. The fraction of sp³-hybridized carbons (Fsp3) is 0.571. The van der Waals surface area contributed by atoms with Crippen LogP contribution in [0.1, 0.15) is 38.9 Å². The monoisotopic (exact) mass is 255 g/mol. The molecule has 1 rings (SSSR count). The van der Waals surface area contributed by atoms with Crippen LogP contribution in [-0.4, -0.2) is 12.6 Å². The molecule has 0 aliphatic heterocycles. The highest BCUT2D eigenvalue weighted by molar-refractivity contribution is 6.30. The summed E-state index contributed by atoms with van der Waals surface area (Å²) in [5.74, 6) is 0.647. The lowest BCUT2D eigenvalue weighted by molar-refractivity contribution is 0.0321. The Morgan fingerprint density at radius 3 is 2.24 bits per heavy atom. The van der Waals surface area contributed by atoms with Crippen LogP contribution in [0.5, 0.6) is 0 Å². The molecule has 0 spiro atoms. The van der Waals surface area contributed by atoms with Crippen LogP contribution in [0.2, 0.25) is 5.02 Å². The van der Waals surface area contributed by atoms with Gasteiger partial charge in [-0.2, -0.15) is 0 Å². The highest BCUT2D eigenvalue weighted by atomic mass is 35.5.